The number of aliphatic hydroxyl groups is 2. The smallest absolute Gasteiger partial charge is 0.0873 e. The Bertz CT molecular complexity index is 315. The monoisotopic (exact) mass is 176 g/mol. The molecule has 1 aromatic carbocycles. The molecule has 3 rings (SSSR count). The minimum atomic E-state index is -0.542. The van der Waals surface area contributed by atoms with Crippen molar-refractivity contribution in [3.63, 3.8) is 0 Å². The van der Waals surface area contributed by atoms with Crippen LogP contribution in [0.2, 0.25) is 0 Å². The Morgan fingerprint density at radius 1 is 0.923 bits per heavy atom. The molecule has 68 valence electrons. The first kappa shape index (κ1) is 7.54. The zero-order chi connectivity index (χ0) is 9.00. The molecular weight excluding hydrogens is 164 g/mol. The molecule has 0 heterocycles. The Morgan fingerprint density at radius 3 is 1.85 bits per heavy atom. The maximum atomic E-state index is 9.68. The van der Waals surface area contributed by atoms with E-state index < -0.39 is 12.2 Å². The standard InChI is InChI=1S/C11H12O2/c12-10-8-5-9(11(10)13)7-4-2-1-3-6(7)8/h1-4,8-13H,5H2/t8-,9-,10-,11+/m1/s1. The molecule has 1 saturated carbocycles. The first-order valence-electron chi connectivity index (χ1n) is 4.74. The molecule has 0 unspecified atom stereocenters. The molecule has 0 amide bonds. The fourth-order valence-electron chi connectivity index (χ4n) is 2.84. The van der Waals surface area contributed by atoms with Gasteiger partial charge in [0.1, 0.15) is 0 Å². The maximum Gasteiger partial charge on any atom is 0.0873 e. The molecule has 2 bridgehead atoms. The van der Waals surface area contributed by atoms with Crippen molar-refractivity contribution in [2.75, 3.05) is 0 Å². The van der Waals surface area contributed by atoms with Gasteiger partial charge in [0.25, 0.3) is 0 Å². The largest absolute Gasteiger partial charge is 0.390 e. The summed E-state index contributed by atoms with van der Waals surface area (Å²) in [5.41, 5.74) is 2.48. The Morgan fingerprint density at radius 2 is 1.38 bits per heavy atom. The number of benzene rings is 1. The number of hydrogen-bond acceptors (Lipinski definition) is 2. The minimum Gasteiger partial charge on any atom is -0.390 e. The third-order valence-corrected chi connectivity index (χ3v) is 3.48. The second-order valence-corrected chi connectivity index (χ2v) is 4.06. The Hall–Kier alpha value is -0.860. The highest BCUT2D eigenvalue weighted by molar-refractivity contribution is 5.43. The van der Waals surface area contributed by atoms with Crippen molar-refractivity contribution in [3.05, 3.63) is 35.4 Å². The normalized spacial score (nSPS) is 40.8. The van der Waals surface area contributed by atoms with Crippen LogP contribution in [0, 0.1) is 0 Å². The van der Waals surface area contributed by atoms with E-state index >= 15 is 0 Å². The fourth-order valence-corrected chi connectivity index (χ4v) is 2.84. The summed E-state index contributed by atoms with van der Waals surface area (Å²) < 4.78 is 0. The second kappa shape index (κ2) is 2.34. The van der Waals surface area contributed by atoms with Gasteiger partial charge in [0, 0.05) is 11.8 Å². The van der Waals surface area contributed by atoms with Gasteiger partial charge in [0.2, 0.25) is 0 Å². The van der Waals surface area contributed by atoms with Gasteiger partial charge in [-0.25, -0.2) is 0 Å². The minimum absolute atomic E-state index is 0.177. The molecule has 4 atom stereocenters. The van der Waals surface area contributed by atoms with Crippen LogP contribution in [0.3, 0.4) is 0 Å². The molecule has 0 saturated heterocycles. The predicted octanol–water partition coefficient (Wildman–Crippen LogP) is 0.993. The predicted molar refractivity (Wildman–Crippen MR) is 48.6 cm³/mol. The van der Waals surface area contributed by atoms with E-state index in [2.05, 4.69) is 12.1 Å². The Balaban J connectivity index is 2.16. The fraction of sp³-hybridized carbons (Fsp3) is 0.455. The van der Waals surface area contributed by atoms with Crippen molar-refractivity contribution in [3.8, 4) is 0 Å². The lowest BCUT2D eigenvalue weighted by molar-refractivity contribution is 0.0217. The second-order valence-electron chi connectivity index (χ2n) is 4.06. The molecule has 2 aliphatic carbocycles. The van der Waals surface area contributed by atoms with E-state index in [0.29, 0.717) is 0 Å². The third kappa shape index (κ3) is 0.798. The van der Waals surface area contributed by atoms with Crippen LogP contribution in [-0.4, -0.2) is 22.4 Å². The van der Waals surface area contributed by atoms with E-state index in [1.165, 1.54) is 11.1 Å². The summed E-state index contributed by atoms with van der Waals surface area (Å²) in [6.45, 7) is 0. The maximum absolute atomic E-state index is 9.68. The first-order valence-corrected chi connectivity index (χ1v) is 4.74. The molecule has 1 aromatic rings. The zero-order valence-electron chi connectivity index (χ0n) is 7.22. The van der Waals surface area contributed by atoms with Crippen LogP contribution in [0.25, 0.3) is 0 Å². The van der Waals surface area contributed by atoms with Crippen molar-refractivity contribution < 1.29 is 10.2 Å². The van der Waals surface area contributed by atoms with Crippen molar-refractivity contribution in [1.82, 2.24) is 0 Å². The first-order chi connectivity index (χ1) is 6.29. The van der Waals surface area contributed by atoms with Crippen LogP contribution in [0.5, 0.6) is 0 Å². The van der Waals surface area contributed by atoms with Gasteiger partial charge in [-0.1, -0.05) is 24.3 Å². The summed E-state index contributed by atoms with van der Waals surface area (Å²) in [5, 5.41) is 19.4. The summed E-state index contributed by atoms with van der Waals surface area (Å²) in [6, 6.07) is 8.13. The zero-order valence-corrected chi connectivity index (χ0v) is 7.22. The Kier molecular flexibility index (Phi) is 1.35. The number of fused-ring (bicyclic) bond motifs is 5. The van der Waals surface area contributed by atoms with Crippen molar-refractivity contribution >= 4 is 0 Å². The lowest BCUT2D eigenvalue weighted by atomic mass is 9.88. The average Bonchev–Trinajstić information content (AvgIpc) is 2.66. The van der Waals surface area contributed by atoms with Gasteiger partial charge in [-0.3, -0.25) is 0 Å². The summed E-state index contributed by atoms with van der Waals surface area (Å²) in [6.07, 6.45) is -0.165. The van der Waals surface area contributed by atoms with E-state index in [0.717, 1.165) is 6.42 Å². The summed E-state index contributed by atoms with van der Waals surface area (Å²) in [7, 11) is 0. The molecule has 0 aromatic heterocycles. The molecule has 13 heavy (non-hydrogen) atoms. The highest BCUT2D eigenvalue weighted by Crippen LogP contribution is 2.52. The van der Waals surface area contributed by atoms with Crippen LogP contribution in [0.15, 0.2) is 24.3 Å². The topological polar surface area (TPSA) is 40.5 Å². The summed E-state index contributed by atoms with van der Waals surface area (Å²) >= 11 is 0. The van der Waals surface area contributed by atoms with Gasteiger partial charge < -0.3 is 10.2 Å². The van der Waals surface area contributed by atoms with Gasteiger partial charge in [-0.2, -0.15) is 0 Å². The molecule has 2 N–H and O–H groups in total. The number of aliphatic hydroxyl groups excluding tert-OH is 2. The lowest BCUT2D eigenvalue weighted by Crippen LogP contribution is -2.30. The average molecular weight is 176 g/mol. The van der Waals surface area contributed by atoms with Crippen molar-refractivity contribution in [1.29, 1.82) is 0 Å². The molecule has 2 nitrogen and oxygen atoms in total. The van der Waals surface area contributed by atoms with Gasteiger partial charge in [-0.15, -0.1) is 0 Å². The van der Waals surface area contributed by atoms with E-state index in [1.54, 1.807) is 0 Å². The highest BCUT2D eigenvalue weighted by atomic mass is 16.3. The van der Waals surface area contributed by atoms with Crippen molar-refractivity contribution in [2.24, 2.45) is 0 Å². The van der Waals surface area contributed by atoms with Crippen LogP contribution in [0.1, 0.15) is 29.4 Å². The Labute approximate surface area is 76.8 Å². The van der Waals surface area contributed by atoms with Gasteiger partial charge in [-0.05, 0) is 17.5 Å². The molecule has 2 heteroatoms. The number of rotatable bonds is 0. The van der Waals surface area contributed by atoms with E-state index in [4.69, 9.17) is 0 Å². The molecule has 2 aliphatic rings. The van der Waals surface area contributed by atoms with Crippen LogP contribution in [-0.2, 0) is 0 Å². The van der Waals surface area contributed by atoms with E-state index in [-0.39, 0.29) is 11.8 Å². The molecule has 0 radical (unpaired) electrons. The molecule has 1 fully saturated rings. The van der Waals surface area contributed by atoms with Crippen LogP contribution < -0.4 is 0 Å². The molecule has 0 aliphatic heterocycles. The quantitative estimate of drug-likeness (QED) is 0.619. The SMILES string of the molecule is O[C@@H]1[C@H](O)[C@@H]2C[C@@H]1c1ccccc12. The van der Waals surface area contributed by atoms with E-state index in [1.807, 2.05) is 12.1 Å². The van der Waals surface area contributed by atoms with Gasteiger partial charge in [0.05, 0.1) is 12.2 Å². The van der Waals surface area contributed by atoms with Crippen molar-refractivity contribution in [2.45, 2.75) is 30.5 Å². The van der Waals surface area contributed by atoms with Gasteiger partial charge >= 0.3 is 0 Å². The van der Waals surface area contributed by atoms with E-state index in [9.17, 15) is 10.2 Å². The molecule has 0 spiro atoms. The lowest BCUT2D eigenvalue weighted by Gasteiger charge is -2.24. The highest BCUT2D eigenvalue weighted by Gasteiger charge is 2.49. The van der Waals surface area contributed by atoms with Crippen LogP contribution in [0.4, 0.5) is 0 Å². The molecular formula is C11H12O2. The summed E-state index contributed by atoms with van der Waals surface area (Å²) in [4.78, 5) is 0. The third-order valence-electron chi connectivity index (χ3n) is 3.48. The summed E-state index contributed by atoms with van der Waals surface area (Å²) in [5.74, 6) is 0.354. The number of hydrogen-bond donors (Lipinski definition) is 2. The van der Waals surface area contributed by atoms with Crippen LogP contribution >= 0.6 is 0 Å². The van der Waals surface area contributed by atoms with Gasteiger partial charge in [0.15, 0.2) is 0 Å².